The Balaban J connectivity index is 2.22. The van der Waals surface area contributed by atoms with Crippen molar-refractivity contribution in [1.82, 2.24) is 0 Å². The number of hydrogen-bond acceptors (Lipinski definition) is 2. The number of rotatable bonds is 4. The van der Waals surface area contributed by atoms with E-state index < -0.39 is 17.6 Å². The average molecular weight is 343 g/mol. The van der Waals surface area contributed by atoms with Crippen LogP contribution in [-0.2, 0) is 6.61 Å². The van der Waals surface area contributed by atoms with Crippen LogP contribution in [-0.4, -0.2) is 11.1 Å². The zero-order valence-corrected chi connectivity index (χ0v) is 11.7. The van der Waals surface area contributed by atoms with Crippen LogP contribution in [0.15, 0.2) is 40.9 Å². The summed E-state index contributed by atoms with van der Waals surface area (Å²) in [4.78, 5) is 11.0. The lowest BCUT2D eigenvalue weighted by molar-refractivity contribution is 0.0694. The lowest BCUT2D eigenvalue weighted by atomic mass is 10.1. The quantitative estimate of drug-likeness (QED) is 0.913. The third-order valence-corrected chi connectivity index (χ3v) is 3.19. The van der Waals surface area contributed by atoms with Crippen molar-refractivity contribution in [3.05, 3.63) is 63.6 Å². The molecule has 20 heavy (non-hydrogen) atoms. The monoisotopic (exact) mass is 342 g/mol. The van der Waals surface area contributed by atoms with Crippen LogP contribution in [0.2, 0.25) is 0 Å². The van der Waals surface area contributed by atoms with Crippen LogP contribution in [0.3, 0.4) is 0 Å². The molecule has 0 aliphatic rings. The molecule has 2 rings (SSSR count). The molecule has 2 aromatic rings. The van der Waals surface area contributed by atoms with Crippen LogP contribution in [0.1, 0.15) is 15.9 Å². The first-order valence-corrected chi connectivity index (χ1v) is 6.36. The Morgan fingerprint density at radius 2 is 1.80 bits per heavy atom. The molecule has 0 unspecified atom stereocenters. The Labute approximate surface area is 121 Å². The summed E-state index contributed by atoms with van der Waals surface area (Å²) < 4.78 is 31.9. The summed E-state index contributed by atoms with van der Waals surface area (Å²) in [6.45, 7) is -0.135. The molecule has 2 aromatic carbocycles. The van der Waals surface area contributed by atoms with Crippen LogP contribution in [0.5, 0.6) is 5.75 Å². The first-order chi connectivity index (χ1) is 9.47. The second-order valence-corrected chi connectivity index (χ2v) is 4.82. The van der Waals surface area contributed by atoms with Gasteiger partial charge in [-0.2, -0.15) is 0 Å². The van der Waals surface area contributed by atoms with E-state index in [1.54, 1.807) is 0 Å². The molecule has 0 atom stereocenters. The molecule has 0 heterocycles. The van der Waals surface area contributed by atoms with Crippen LogP contribution in [0.4, 0.5) is 8.78 Å². The fourth-order valence-corrected chi connectivity index (χ4v) is 2.10. The van der Waals surface area contributed by atoms with E-state index in [9.17, 15) is 13.6 Å². The SMILES string of the molecule is O=C(O)c1ccc(F)cc1COc1ccc(F)cc1Br. The molecule has 1 N–H and O–H groups in total. The molecule has 3 nitrogen and oxygen atoms in total. The minimum atomic E-state index is -1.17. The standard InChI is InChI=1S/C14H9BrF2O3/c15-12-6-10(17)2-4-13(12)20-7-8-5-9(16)1-3-11(8)14(18)19/h1-6H,7H2,(H,18,19). The normalized spacial score (nSPS) is 10.3. The Kier molecular flexibility index (Phi) is 4.34. The van der Waals surface area contributed by atoms with Gasteiger partial charge < -0.3 is 9.84 Å². The lowest BCUT2D eigenvalue weighted by Crippen LogP contribution is -2.06. The molecule has 0 saturated heterocycles. The fraction of sp³-hybridized carbons (Fsp3) is 0.0714. The van der Waals surface area contributed by atoms with Crippen LogP contribution in [0, 0.1) is 11.6 Å². The van der Waals surface area contributed by atoms with Gasteiger partial charge in [-0.3, -0.25) is 0 Å². The predicted molar refractivity (Wildman–Crippen MR) is 71.8 cm³/mol. The van der Waals surface area contributed by atoms with Crippen molar-refractivity contribution in [3.8, 4) is 5.75 Å². The van der Waals surface area contributed by atoms with Gasteiger partial charge in [0.25, 0.3) is 0 Å². The number of halogens is 3. The Morgan fingerprint density at radius 3 is 2.45 bits per heavy atom. The van der Waals surface area contributed by atoms with Gasteiger partial charge in [0, 0.05) is 5.56 Å². The van der Waals surface area contributed by atoms with Crippen molar-refractivity contribution < 1.29 is 23.4 Å². The van der Waals surface area contributed by atoms with Crippen molar-refractivity contribution in [3.63, 3.8) is 0 Å². The topological polar surface area (TPSA) is 46.5 Å². The van der Waals surface area contributed by atoms with Gasteiger partial charge >= 0.3 is 5.97 Å². The summed E-state index contributed by atoms with van der Waals surface area (Å²) in [5.74, 6) is -1.80. The van der Waals surface area contributed by atoms with Crippen molar-refractivity contribution in [1.29, 1.82) is 0 Å². The van der Waals surface area contributed by atoms with Crippen LogP contribution in [0.25, 0.3) is 0 Å². The summed E-state index contributed by atoms with van der Waals surface area (Å²) in [5.41, 5.74) is 0.165. The Morgan fingerprint density at radius 1 is 1.15 bits per heavy atom. The zero-order chi connectivity index (χ0) is 14.7. The van der Waals surface area contributed by atoms with Gasteiger partial charge in [0.05, 0.1) is 10.0 Å². The van der Waals surface area contributed by atoms with Gasteiger partial charge in [0.1, 0.15) is 24.0 Å². The van der Waals surface area contributed by atoms with Gasteiger partial charge in [-0.1, -0.05) is 0 Å². The van der Waals surface area contributed by atoms with Gasteiger partial charge in [-0.05, 0) is 52.3 Å². The number of benzene rings is 2. The second kappa shape index (κ2) is 6.00. The van der Waals surface area contributed by atoms with E-state index in [1.165, 1.54) is 24.3 Å². The summed E-state index contributed by atoms with van der Waals surface area (Å²) in [7, 11) is 0. The van der Waals surface area contributed by atoms with E-state index in [2.05, 4.69) is 15.9 Å². The van der Waals surface area contributed by atoms with Crippen molar-refractivity contribution >= 4 is 21.9 Å². The van der Waals surface area contributed by atoms with Crippen molar-refractivity contribution in [2.45, 2.75) is 6.61 Å². The third-order valence-electron chi connectivity index (χ3n) is 2.57. The highest BCUT2D eigenvalue weighted by molar-refractivity contribution is 9.10. The molecule has 0 amide bonds. The van der Waals surface area contributed by atoms with Crippen LogP contribution >= 0.6 is 15.9 Å². The molecule has 0 fully saturated rings. The molecule has 0 spiro atoms. The molecule has 6 heteroatoms. The minimum absolute atomic E-state index is 0.0374. The van der Waals surface area contributed by atoms with Crippen LogP contribution < -0.4 is 4.74 Å². The first-order valence-electron chi connectivity index (χ1n) is 5.57. The molecular weight excluding hydrogens is 334 g/mol. The minimum Gasteiger partial charge on any atom is -0.488 e. The largest absolute Gasteiger partial charge is 0.488 e. The van der Waals surface area contributed by atoms with Crippen molar-refractivity contribution in [2.24, 2.45) is 0 Å². The Hall–Kier alpha value is -1.95. The smallest absolute Gasteiger partial charge is 0.336 e. The predicted octanol–water partition coefficient (Wildman–Crippen LogP) is 4.00. The fourth-order valence-electron chi connectivity index (χ4n) is 1.64. The Bertz CT molecular complexity index is 659. The highest BCUT2D eigenvalue weighted by Crippen LogP contribution is 2.26. The highest BCUT2D eigenvalue weighted by atomic mass is 79.9. The molecular formula is C14H9BrF2O3. The highest BCUT2D eigenvalue weighted by Gasteiger charge is 2.12. The average Bonchev–Trinajstić information content (AvgIpc) is 2.37. The molecule has 0 saturated carbocycles. The van der Waals surface area contributed by atoms with Gasteiger partial charge in [0.15, 0.2) is 0 Å². The number of ether oxygens (including phenoxy) is 1. The van der Waals surface area contributed by atoms with Gasteiger partial charge in [-0.15, -0.1) is 0 Å². The van der Waals surface area contributed by atoms with E-state index in [4.69, 9.17) is 9.84 Å². The van der Waals surface area contributed by atoms with E-state index in [0.29, 0.717) is 10.2 Å². The molecule has 0 aromatic heterocycles. The maximum atomic E-state index is 13.2. The van der Waals surface area contributed by atoms with E-state index in [1.807, 2.05) is 0 Å². The van der Waals surface area contributed by atoms with E-state index in [-0.39, 0.29) is 17.7 Å². The zero-order valence-electron chi connectivity index (χ0n) is 10.1. The molecule has 0 aliphatic carbocycles. The molecule has 0 radical (unpaired) electrons. The maximum absolute atomic E-state index is 13.2. The number of carboxylic acid groups (broad SMARTS) is 1. The third kappa shape index (κ3) is 3.33. The lowest BCUT2D eigenvalue weighted by Gasteiger charge is -2.10. The summed E-state index contributed by atoms with van der Waals surface area (Å²) in [6.07, 6.45) is 0. The summed E-state index contributed by atoms with van der Waals surface area (Å²) in [6, 6.07) is 7.18. The number of carbonyl (C=O) groups is 1. The van der Waals surface area contributed by atoms with E-state index >= 15 is 0 Å². The van der Waals surface area contributed by atoms with Gasteiger partial charge in [-0.25, -0.2) is 13.6 Å². The first kappa shape index (κ1) is 14.5. The van der Waals surface area contributed by atoms with Gasteiger partial charge in [0.2, 0.25) is 0 Å². The number of hydrogen-bond donors (Lipinski definition) is 1. The maximum Gasteiger partial charge on any atom is 0.336 e. The number of aromatic carboxylic acids is 1. The molecule has 0 bridgehead atoms. The molecule has 104 valence electrons. The van der Waals surface area contributed by atoms with Crippen molar-refractivity contribution in [2.75, 3.05) is 0 Å². The summed E-state index contributed by atoms with van der Waals surface area (Å²) in [5, 5.41) is 9.01. The summed E-state index contributed by atoms with van der Waals surface area (Å²) >= 11 is 3.13. The number of carboxylic acids is 1. The van der Waals surface area contributed by atoms with E-state index in [0.717, 1.165) is 12.1 Å². The second-order valence-electron chi connectivity index (χ2n) is 3.97. The molecule has 0 aliphatic heterocycles.